The lowest BCUT2D eigenvalue weighted by atomic mass is 9.85. The van der Waals surface area contributed by atoms with Gasteiger partial charge in [0.2, 0.25) is 0 Å². The first kappa shape index (κ1) is 13.3. The second-order valence-corrected chi connectivity index (χ2v) is 4.73. The molecule has 2 aliphatic heterocycles. The molecule has 0 aromatic rings. The van der Waals surface area contributed by atoms with Crippen LogP contribution in [0.5, 0.6) is 0 Å². The van der Waals surface area contributed by atoms with Crippen LogP contribution >= 0.6 is 0 Å². The van der Waals surface area contributed by atoms with Gasteiger partial charge >= 0.3 is 5.97 Å². The number of hydrogen-bond acceptors (Lipinski definition) is 5. The molecule has 2 fully saturated rings. The van der Waals surface area contributed by atoms with Crippen LogP contribution in [-0.4, -0.2) is 62.2 Å². The largest absolute Gasteiger partial charge is 0.481 e. The summed E-state index contributed by atoms with van der Waals surface area (Å²) in [5.41, 5.74) is -1.09. The standard InChI is InChI=1S/C11H17NO6/c1-11(10(14)15)6-17-5-8(11)12-9(13)7-4-16-2-3-18-7/h7-8H,2-6H2,1H3,(H,12,13)(H,14,15). The Bertz CT molecular complexity index is 340. The number of amides is 1. The van der Waals surface area contributed by atoms with Gasteiger partial charge in [-0.2, -0.15) is 0 Å². The number of ether oxygens (including phenoxy) is 3. The summed E-state index contributed by atoms with van der Waals surface area (Å²) in [5.74, 6) is -1.33. The molecule has 1 amide bonds. The van der Waals surface area contributed by atoms with Crippen LogP contribution in [0.1, 0.15) is 6.92 Å². The predicted molar refractivity (Wildman–Crippen MR) is 59.1 cm³/mol. The third-order valence-corrected chi connectivity index (χ3v) is 3.37. The van der Waals surface area contributed by atoms with Gasteiger partial charge in [0.25, 0.3) is 5.91 Å². The summed E-state index contributed by atoms with van der Waals surface area (Å²) in [6.45, 7) is 2.89. The Morgan fingerprint density at radius 3 is 2.67 bits per heavy atom. The van der Waals surface area contributed by atoms with Gasteiger partial charge in [0.05, 0.1) is 39.1 Å². The third kappa shape index (κ3) is 2.47. The lowest BCUT2D eigenvalue weighted by Gasteiger charge is -2.28. The Labute approximate surface area is 104 Å². The van der Waals surface area contributed by atoms with E-state index in [1.54, 1.807) is 6.92 Å². The summed E-state index contributed by atoms with van der Waals surface area (Å²) < 4.78 is 15.5. The van der Waals surface area contributed by atoms with E-state index in [9.17, 15) is 14.7 Å². The van der Waals surface area contributed by atoms with Crippen molar-refractivity contribution in [3.63, 3.8) is 0 Å². The zero-order chi connectivity index (χ0) is 13.2. The van der Waals surface area contributed by atoms with E-state index < -0.39 is 23.5 Å². The molecule has 0 radical (unpaired) electrons. The lowest BCUT2D eigenvalue weighted by Crippen LogP contribution is -2.54. The molecule has 7 nitrogen and oxygen atoms in total. The summed E-state index contributed by atoms with van der Waals surface area (Å²) in [5, 5.41) is 11.8. The molecule has 3 unspecified atom stereocenters. The van der Waals surface area contributed by atoms with Crippen LogP contribution in [0.4, 0.5) is 0 Å². The SMILES string of the molecule is CC1(C(=O)O)COCC1NC(=O)C1COCCO1. The number of carbonyl (C=O) groups is 2. The molecule has 2 saturated heterocycles. The Morgan fingerprint density at radius 1 is 1.28 bits per heavy atom. The van der Waals surface area contributed by atoms with E-state index >= 15 is 0 Å². The Morgan fingerprint density at radius 2 is 2.06 bits per heavy atom. The number of hydrogen-bond donors (Lipinski definition) is 2. The summed E-state index contributed by atoms with van der Waals surface area (Å²) in [4.78, 5) is 23.1. The smallest absolute Gasteiger partial charge is 0.313 e. The fraction of sp³-hybridized carbons (Fsp3) is 0.818. The summed E-state index contributed by atoms with van der Waals surface area (Å²) >= 11 is 0. The molecule has 18 heavy (non-hydrogen) atoms. The highest BCUT2D eigenvalue weighted by molar-refractivity contribution is 5.83. The zero-order valence-corrected chi connectivity index (χ0v) is 10.2. The van der Waals surface area contributed by atoms with Crippen molar-refractivity contribution in [2.24, 2.45) is 5.41 Å². The molecule has 2 heterocycles. The molecule has 2 N–H and O–H groups in total. The average Bonchev–Trinajstić information content (AvgIpc) is 2.73. The van der Waals surface area contributed by atoms with E-state index in [1.165, 1.54) is 0 Å². The second kappa shape index (κ2) is 5.21. The first-order chi connectivity index (χ1) is 8.54. The minimum Gasteiger partial charge on any atom is -0.481 e. The van der Waals surface area contributed by atoms with Gasteiger partial charge in [-0.3, -0.25) is 9.59 Å². The molecule has 102 valence electrons. The van der Waals surface area contributed by atoms with Crippen LogP contribution in [0.15, 0.2) is 0 Å². The summed E-state index contributed by atoms with van der Waals surface area (Å²) in [6, 6.07) is -0.548. The number of carboxylic acid groups (broad SMARTS) is 1. The van der Waals surface area contributed by atoms with Gasteiger partial charge in [0.1, 0.15) is 5.41 Å². The topological polar surface area (TPSA) is 94.1 Å². The highest BCUT2D eigenvalue weighted by atomic mass is 16.6. The van der Waals surface area contributed by atoms with Gasteiger partial charge in [-0.05, 0) is 6.92 Å². The molecular weight excluding hydrogens is 242 g/mol. The molecule has 0 aromatic carbocycles. The van der Waals surface area contributed by atoms with Gasteiger partial charge in [-0.15, -0.1) is 0 Å². The van der Waals surface area contributed by atoms with Gasteiger partial charge in [-0.25, -0.2) is 0 Å². The summed E-state index contributed by atoms with van der Waals surface area (Å²) in [6.07, 6.45) is -0.669. The van der Waals surface area contributed by atoms with Crippen LogP contribution < -0.4 is 5.32 Å². The molecular formula is C11H17NO6. The molecule has 0 aromatic heterocycles. The van der Waals surface area contributed by atoms with Crippen molar-refractivity contribution in [2.45, 2.75) is 19.1 Å². The van der Waals surface area contributed by atoms with Crippen molar-refractivity contribution in [3.05, 3.63) is 0 Å². The molecule has 0 saturated carbocycles. The van der Waals surface area contributed by atoms with Gasteiger partial charge in [0.15, 0.2) is 6.10 Å². The number of carboxylic acids is 1. The van der Waals surface area contributed by atoms with E-state index in [-0.39, 0.29) is 25.7 Å². The maximum Gasteiger partial charge on any atom is 0.313 e. The maximum atomic E-state index is 11.9. The van der Waals surface area contributed by atoms with Crippen molar-refractivity contribution < 1.29 is 28.9 Å². The first-order valence-electron chi connectivity index (χ1n) is 5.85. The molecule has 0 bridgehead atoms. The van der Waals surface area contributed by atoms with Crippen LogP contribution in [0.3, 0.4) is 0 Å². The average molecular weight is 259 g/mol. The number of carbonyl (C=O) groups excluding carboxylic acids is 1. The molecule has 2 aliphatic rings. The quantitative estimate of drug-likeness (QED) is 0.675. The fourth-order valence-corrected chi connectivity index (χ4v) is 1.99. The Hall–Kier alpha value is -1.18. The Balaban J connectivity index is 1.95. The fourth-order valence-electron chi connectivity index (χ4n) is 1.99. The van der Waals surface area contributed by atoms with E-state index in [0.717, 1.165) is 0 Å². The third-order valence-electron chi connectivity index (χ3n) is 3.37. The molecule has 0 spiro atoms. The highest BCUT2D eigenvalue weighted by Gasteiger charge is 2.47. The molecule has 2 rings (SSSR count). The second-order valence-electron chi connectivity index (χ2n) is 4.73. The summed E-state index contributed by atoms with van der Waals surface area (Å²) in [7, 11) is 0. The highest BCUT2D eigenvalue weighted by Crippen LogP contribution is 2.28. The lowest BCUT2D eigenvalue weighted by molar-refractivity contribution is -0.152. The monoisotopic (exact) mass is 259 g/mol. The minimum atomic E-state index is -1.09. The number of rotatable bonds is 3. The van der Waals surface area contributed by atoms with Crippen molar-refractivity contribution in [1.29, 1.82) is 0 Å². The number of aliphatic carboxylic acids is 1. The van der Waals surface area contributed by atoms with Gasteiger partial charge in [-0.1, -0.05) is 0 Å². The zero-order valence-electron chi connectivity index (χ0n) is 10.2. The Kier molecular flexibility index (Phi) is 3.84. The van der Waals surface area contributed by atoms with Gasteiger partial charge < -0.3 is 24.6 Å². The minimum absolute atomic E-state index is 0.0926. The normalized spacial score (nSPS) is 36.3. The van der Waals surface area contributed by atoms with Crippen LogP contribution in [0.2, 0.25) is 0 Å². The molecule has 3 atom stereocenters. The predicted octanol–water partition coefficient (Wildman–Crippen LogP) is -0.992. The van der Waals surface area contributed by atoms with Crippen LogP contribution in [0.25, 0.3) is 0 Å². The van der Waals surface area contributed by atoms with Crippen LogP contribution in [0, 0.1) is 5.41 Å². The first-order valence-corrected chi connectivity index (χ1v) is 5.85. The van der Waals surface area contributed by atoms with E-state index in [4.69, 9.17) is 14.2 Å². The van der Waals surface area contributed by atoms with E-state index in [0.29, 0.717) is 13.2 Å². The van der Waals surface area contributed by atoms with Crippen molar-refractivity contribution >= 4 is 11.9 Å². The van der Waals surface area contributed by atoms with Gasteiger partial charge in [0, 0.05) is 0 Å². The van der Waals surface area contributed by atoms with Crippen LogP contribution in [-0.2, 0) is 23.8 Å². The van der Waals surface area contributed by atoms with E-state index in [2.05, 4.69) is 5.32 Å². The maximum absolute atomic E-state index is 11.9. The molecule has 0 aliphatic carbocycles. The van der Waals surface area contributed by atoms with E-state index in [1.807, 2.05) is 0 Å². The molecule has 7 heteroatoms. The van der Waals surface area contributed by atoms with Crippen molar-refractivity contribution in [1.82, 2.24) is 5.32 Å². The van der Waals surface area contributed by atoms with Crippen molar-refractivity contribution in [3.8, 4) is 0 Å². The number of nitrogens with one attached hydrogen (secondary N) is 1. The van der Waals surface area contributed by atoms with Crippen molar-refractivity contribution in [2.75, 3.05) is 33.0 Å².